The molecule has 2 rings (SSSR count). The van der Waals surface area contributed by atoms with E-state index in [1.54, 1.807) is 0 Å². The van der Waals surface area contributed by atoms with Crippen molar-refractivity contribution in [2.24, 2.45) is 0 Å². The fourth-order valence-corrected chi connectivity index (χ4v) is 1.35. The summed E-state index contributed by atoms with van der Waals surface area (Å²) >= 11 is 3.31. The quantitative estimate of drug-likeness (QED) is 0.704. The van der Waals surface area contributed by atoms with Crippen LogP contribution in [0.3, 0.4) is 0 Å². The van der Waals surface area contributed by atoms with Crippen LogP contribution in [0.15, 0.2) is 12.4 Å². The monoisotopic (exact) mass is 212 g/mol. The van der Waals surface area contributed by atoms with E-state index in [1.807, 2.05) is 12.4 Å². The standard InChI is InChI=1S/C8H9BrN2/c9-3-8-10-4-7(5-11-8)6-1-2-6/h4-6H,1-3H2. The molecule has 1 saturated carbocycles. The Morgan fingerprint density at radius 2 is 2.00 bits per heavy atom. The zero-order valence-electron chi connectivity index (χ0n) is 6.13. The molecule has 0 aromatic carbocycles. The molecule has 0 aliphatic heterocycles. The Labute approximate surface area is 74.2 Å². The van der Waals surface area contributed by atoms with E-state index >= 15 is 0 Å². The Morgan fingerprint density at radius 3 is 2.45 bits per heavy atom. The van der Waals surface area contributed by atoms with Gasteiger partial charge in [-0.2, -0.15) is 0 Å². The number of halogens is 1. The van der Waals surface area contributed by atoms with Crippen molar-refractivity contribution >= 4 is 15.9 Å². The highest BCUT2D eigenvalue weighted by Crippen LogP contribution is 2.39. The largest absolute Gasteiger partial charge is 0.240 e. The number of hydrogen-bond donors (Lipinski definition) is 0. The molecule has 3 heteroatoms. The van der Waals surface area contributed by atoms with Gasteiger partial charge in [-0.15, -0.1) is 0 Å². The van der Waals surface area contributed by atoms with Crippen molar-refractivity contribution in [3.05, 3.63) is 23.8 Å². The summed E-state index contributed by atoms with van der Waals surface area (Å²) < 4.78 is 0. The second-order valence-electron chi connectivity index (χ2n) is 2.84. The Hall–Kier alpha value is -0.440. The van der Waals surface area contributed by atoms with Crippen LogP contribution in [-0.2, 0) is 5.33 Å². The third-order valence-electron chi connectivity index (χ3n) is 1.89. The molecule has 11 heavy (non-hydrogen) atoms. The molecule has 2 nitrogen and oxygen atoms in total. The average molecular weight is 213 g/mol. The van der Waals surface area contributed by atoms with Crippen molar-refractivity contribution in [2.45, 2.75) is 24.1 Å². The number of hydrogen-bond acceptors (Lipinski definition) is 2. The van der Waals surface area contributed by atoms with Crippen LogP contribution in [0, 0.1) is 0 Å². The van der Waals surface area contributed by atoms with Crippen LogP contribution in [0.4, 0.5) is 0 Å². The molecular weight excluding hydrogens is 204 g/mol. The summed E-state index contributed by atoms with van der Waals surface area (Å²) in [6.45, 7) is 0. The summed E-state index contributed by atoms with van der Waals surface area (Å²) in [6, 6.07) is 0. The van der Waals surface area contributed by atoms with Gasteiger partial charge in [0.25, 0.3) is 0 Å². The van der Waals surface area contributed by atoms with E-state index in [1.165, 1.54) is 18.4 Å². The fourth-order valence-electron chi connectivity index (χ4n) is 1.06. The molecule has 0 atom stereocenters. The smallest absolute Gasteiger partial charge is 0.138 e. The first-order chi connectivity index (χ1) is 5.40. The van der Waals surface area contributed by atoms with Gasteiger partial charge in [-0.3, -0.25) is 0 Å². The zero-order chi connectivity index (χ0) is 7.68. The highest BCUT2D eigenvalue weighted by Gasteiger charge is 2.23. The van der Waals surface area contributed by atoms with Crippen molar-refractivity contribution in [1.29, 1.82) is 0 Å². The molecule has 0 bridgehead atoms. The number of alkyl halides is 1. The van der Waals surface area contributed by atoms with Crippen LogP contribution < -0.4 is 0 Å². The summed E-state index contributed by atoms with van der Waals surface area (Å²) in [4.78, 5) is 8.40. The molecular formula is C8H9BrN2. The van der Waals surface area contributed by atoms with Crippen LogP contribution in [0.2, 0.25) is 0 Å². The van der Waals surface area contributed by atoms with Crippen molar-refractivity contribution in [3.63, 3.8) is 0 Å². The van der Waals surface area contributed by atoms with E-state index < -0.39 is 0 Å². The van der Waals surface area contributed by atoms with Crippen LogP contribution in [-0.4, -0.2) is 9.97 Å². The lowest BCUT2D eigenvalue weighted by Gasteiger charge is -1.96. The Kier molecular flexibility index (Phi) is 1.90. The molecule has 0 saturated heterocycles. The van der Waals surface area contributed by atoms with E-state index in [-0.39, 0.29) is 0 Å². The van der Waals surface area contributed by atoms with E-state index in [0.29, 0.717) is 0 Å². The van der Waals surface area contributed by atoms with Gasteiger partial charge in [-0.05, 0) is 24.3 Å². The van der Waals surface area contributed by atoms with Crippen LogP contribution in [0.5, 0.6) is 0 Å². The first-order valence-electron chi connectivity index (χ1n) is 3.77. The topological polar surface area (TPSA) is 25.8 Å². The van der Waals surface area contributed by atoms with Gasteiger partial charge < -0.3 is 0 Å². The van der Waals surface area contributed by atoms with E-state index in [2.05, 4.69) is 25.9 Å². The first kappa shape index (κ1) is 7.22. The molecule has 0 N–H and O–H groups in total. The molecule has 0 radical (unpaired) electrons. The van der Waals surface area contributed by atoms with Gasteiger partial charge in [0, 0.05) is 12.4 Å². The second-order valence-corrected chi connectivity index (χ2v) is 3.40. The van der Waals surface area contributed by atoms with Crippen molar-refractivity contribution in [3.8, 4) is 0 Å². The minimum absolute atomic E-state index is 0.748. The van der Waals surface area contributed by atoms with Crippen LogP contribution in [0.25, 0.3) is 0 Å². The average Bonchev–Trinajstić information content (AvgIpc) is 2.87. The molecule has 1 aromatic rings. The van der Waals surface area contributed by atoms with Gasteiger partial charge in [0.2, 0.25) is 0 Å². The second kappa shape index (κ2) is 2.89. The van der Waals surface area contributed by atoms with Gasteiger partial charge in [-0.25, -0.2) is 9.97 Å². The number of nitrogens with zero attached hydrogens (tertiary/aromatic N) is 2. The third kappa shape index (κ3) is 1.59. The maximum absolute atomic E-state index is 4.20. The lowest BCUT2D eigenvalue weighted by atomic mass is 10.2. The highest BCUT2D eigenvalue weighted by molar-refractivity contribution is 9.08. The van der Waals surface area contributed by atoms with Gasteiger partial charge in [0.1, 0.15) is 5.82 Å². The van der Waals surface area contributed by atoms with Gasteiger partial charge >= 0.3 is 0 Å². The van der Waals surface area contributed by atoms with Crippen molar-refractivity contribution < 1.29 is 0 Å². The van der Waals surface area contributed by atoms with Gasteiger partial charge in [0.05, 0.1) is 5.33 Å². The van der Waals surface area contributed by atoms with Crippen molar-refractivity contribution in [2.75, 3.05) is 0 Å². The molecule has 0 spiro atoms. The molecule has 1 aliphatic carbocycles. The normalized spacial score (nSPS) is 16.8. The lowest BCUT2D eigenvalue weighted by Crippen LogP contribution is -1.91. The molecule has 1 fully saturated rings. The van der Waals surface area contributed by atoms with Crippen molar-refractivity contribution in [1.82, 2.24) is 9.97 Å². The molecule has 58 valence electrons. The highest BCUT2D eigenvalue weighted by atomic mass is 79.9. The molecule has 0 amide bonds. The van der Waals surface area contributed by atoms with Crippen LogP contribution >= 0.6 is 15.9 Å². The van der Waals surface area contributed by atoms with E-state index in [0.717, 1.165) is 17.1 Å². The summed E-state index contributed by atoms with van der Waals surface area (Å²) in [6.07, 6.45) is 6.52. The minimum atomic E-state index is 0.748. The van der Waals surface area contributed by atoms with Gasteiger partial charge in [-0.1, -0.05) is 15.9 Å². The van der Waals surface area contributed by atoms with Crippen LogP contribution in [0.1, 0.15) is 30.1 Å². The van der Waals surface area contributed by atoms with E-state index in [9.17, 15) is 0 Å². The van der Waals surface area contributed by atoms with E-state index in [4.69, 9.17) is 0 Å². The molecule has 1 heterocycles. The molecule has 1 aromatic heterocycles. The summed E-state index contributed by atoms with van der Waals surface area (Å²) in [7, 11) is 0. The third-order valence-corrected chi connectivity index (χ3v) is 2.40. The number of aromatic nitrogens is 2. The minimum Gasteiger partial charge on any atom is -0.240 e. The summed E-state index contributed by atoms with van der Waals surface area (Å²) in [5.74, 6) is 1.63. The maximum atomic E-state index is 4.20. The predicted molar refractivity (Wildman–Crippen MR) is 46.6 cm³/mol. The Balaban J connectivity index is 2.19. The molecule has 0 unspecified atom stereocenters. The predicted octanol–water partition coefficient (Wildman–Crippen LogP) is 2.25. The molecule has 1 aliphatic rings. The lowest BCUT2D eigenvalue weighted by molar-refractivity contribution is 0.976. The summed E-state index contributed by atoms with van der Waals surface area (Å²) in [5, 5.41) is 0.748. The fraction of sp³-hybridized carbons (Fsp3) is 0.500. The zero-order valence-corrected chi connectivity index (χ0v) is 7.71. The SMILES string of the molecule is BrCc1ncc(C2CC2)cn1. The summed E-state index contributed by atoms with van der Waals surface area (Å²) in [5.41, 5.74) is 1.30. The number of rotatable bonds is 2. The maximum Gasteiger partial charge on any atom is 0.138 e. The van der Waals surface area contributed by atoms with Gasteiger partial charge in [0.15, 0.2) is 0 Å². The first-order valence-corrected chi connectivity index (χ1v) is 4.89. The Morgan fingerprint density at radius 1 is 1.36 bits per heavy atom. The Bertz CT molecular complexity index is 241.